The van der Waals surface area contributed by atoms with Gasteiger partial charge in [0.2, 0.25) is 0 Å². The minimum absolute atomic E-state index is 0.423. The number of nitrogens with one attached hydrogen (secondary N) is 1. The molecule has 0 aliphatic carbocycles. The second kappa shape index (κ2) is 4.94. The van der Waals surface area contributed by atoms with Gasteiger partial charge in [-0.3, -0.25) is 0 Å². The normalized spacial score (nSPS) is 16.0. The number of fused-ring (bicyclic) bond motifs is 3. The van der Waals surface area contributed by atoms with Crippen LogP contribution >= 0.6 is 11.3 Å². The van der Waals surface area contributed by atoms with Gasteiger partial charge in [0.1, 0.15) is 4.21 Å². The maximum atomic E-state index is 12.7. The summed E-state index contributed by atoms with van der Waals surface area (Å²) in [5, 5.41) is 2.93. The largest absolute Gasteiger partial charge is 0.358 e. The topological polar surface area (TPSA) is 53.2 Å². The molecule has 3 heterocycles. The third-order valence-electron chi connectivity index (χ3n) is 4.18. The first-order valence-corrected chi connectivity index (χ1v) is 9.51. The number of thiophene rings is 1. The average Bonchev–Trinajstić information content (AvgIpc) is 3.13. The summed E-state index contributed by atoms with van der Waals surface area (Å²) in [6.45, 7) is 3.03. The average molecular weight is 332 g/mol. The van der Waals surface area contributed by atoms with E-state index in [1.807, 2.05) is 0 Å². The van der Waals surface area contributed by atoms with Crippen molar-refractivity contribution in [2.45, 2.75) is 24.1 Å². The Bertz CT molecular complexity index is 940. The number of aromatic nitrogens is 1. The molecule has 1 aliphatic rings. The zero-order chi connectivity index (χ0) is 15.3. The quantitative estimate of drug-likeness (QED) is 0.783. The van der Waals surface area contributed by atoms with Gasteiger partial charge in [-0.2, -0.15) is 4.31 Å². The molecule has 1 aromatic carbocycles. The SMILES string of the molecule is Cc1ccc2c3c([nH]c2c1)CCN(S(=O)(=O)c1cccs1)C3. The summed E-state index contributed by atoms with van der Waals surface area (Å²) in [7, 11) is -3.38. The lowest BCUT2D eigenvalue weighted by Crippen LogP contribution is -2.35. The highest BCUT2D eigenvalue weighted by atomic mass is 32.2. The van der Waals surface area contributed by atoms with Gasteiger partial charge >= 0.3 is 0 Å². The lowest BCUT2D eigenvalue weighted by molar-refractivity contribution is 0.392. The van der Waals surface area contributed by atoms with Crippen molar-refractivity contribution in [1.82, 2.24) is 9.29 Å². The molecule has 0 spiro atoms. The van der Waals surface area contributed by atoms with Gasteiger partial charge in [-0.15, -0.1) is 11.3 Å². The second-order valence-corrected chi connectivity index (χ2v) is 8.76. The zero-order valence-electron chi connectivity index (χ0n) is 12.2. The summed E-state index contributed by atoms with van der Waals surface area (Å²) in [5.74, 6) is 0. The lowest BCUT2D eigenvalue weighted by Gasteiger charge is -2.25. The van der Waals surface area contributed by atoms with E-state index < -0.39 is 10.0 Å². The molecule has 0 fully saturated rings. The first-order valence-electron chi connectivity index (χ1n) is 7.19. The Morgan fingerprint density at radius 1 is 1.27 bits per heavy atom. The standard InChI is InChI=1S/C16H16N2O2S2/c1-11-4-5-12-13-10-18(7-6-14(13)17-15(12)9-11)22(19,20)16-3-2-8-21-16/h2-5,8-9,17H,6-7,10H2,1H3. The minimum atomic E-state index is -3.38. The number of aromatic amines is 1. The van der Waals surface area contributed by atoms with Crippen LogP contribution in [-0.2, 0) is 23.0 Å². The molecule has 6 heteroatoms. The molecule has 1 N–H and O–H groups in total. The third kappa shape index (κ3) is 2.10. The highest BCUT2D eigenvalue weighted by Crippen LogP contribution is 2.31. The van der Waals surface area contributed by atoms with Crippen molar-refractivity contribution in [2.24, 2.45) is 0 Å². The molecule has 0 saturated carbocycles. The van der Waals surface area contributed by atoms with E-state index in [0.717, 1.165) is 22.9 Å². The summed E-state index contributed by atoms with van der Waals surface area (Å²) in [6.07, 6.45) is 0.730. The van der Waals surface area contributed by atoms with Gasteiger partial charge in [0, 0.05) is 36.1 Å². The molecule has 2 aromatic heterocycles. The number of nitrogens with zero attached hydrogens (tertiary/aromatic N) is 1. The Hall–Kier alpha value is -1.63. The Balaban J connectivity index is 1.77. The fourth-order valence-corrected chi connectivity index (χ4v) is 5.61. The molecule has 4 nitrogen and oxygen atoms in total. The van der Waals surface area contributed by atoms with Crippen LogP contribution in [0.2, 0.25) is 0 Å². The molecular weight excluding hydrogens is 316 g/mol. The Labute approximate surface area is 133 Å². The molecule has 3 aromatic rings. The van der Waals surface area contributed by atoms with Crippen LogP contribution < -0.4 is 0 Å². The van der Waals surface area contributed by atoms with E-state index in [1.165, 1.54) is 22.6 Å². The van der Waals surface area contributed by atoms with Gasteiger partial charge in [0.15, 0.2) is 0 Å². The number of hydrogen-bond acceptors (Lipinski definition) is 3. The molecule has 0 saturated heterocycles. The van der Waals surface area contributed by atoms with Crippen LogP contribution in [0, 0.1) is 6.92 Å². The van der Waals surface area contributed by atoms with Crippen LogP contribution in [0.25, 0.3) is 10.9 Å². The van der Waals surface area contributed by atoms with E-state index in [9.17, 15) is 8.42 Å². The zero-order valence-corrected chi connectivity index (χ0v) is 13.8. The smallest absolute Gasteiger partial charge is 0.252 e. The predicted octanol–water partition coefficient (Wildman–Crippen LogP) is 3.28. The van der Waals surface area contributed by atoms with Crippen LogP contribution in [0.3, 0.4) is 0 Å². The van der Waals surface area contributed by atoms with Crippen molar-refractivity contribution in [1.29, 1.82) is 0 Å². The van der Waals surface area contributed by atoms with Crippen LogP contribution in [-0.4, -0.2) is 24.3 Å². The van der Waals surface area contributed by atoms with Crippen molar-refractivity contribution in [3.63, 3.8) is 0 Å². The number of aryl methyl sites for hydroxylation is 1. The number of rotatable bonds is 2. The Morgan fingerprint density at radius 3 is 2.91 bits per heavy atom. The van der Waals surface area contributed by atoms with E-state index in [2.05, 4.69) is 30.1 Å². The summed E-state index contributed by atoms with van der Waals surface area (Å²) in [6, 6.07) is 9.73. The number of hydrogen-bond donors (Lipinski definition) is 1. The van der Waals surface area contributed by atoms with Crippen LogP contribution in [0.4, 0.5) is 0 Å². The molecule has 0 radical (unpaired) electrons. The lowest BCUT2D eigenvalue weighted by atomic mass is 10.1. The predicted molar refractivity (Wildman–Crippen MR) is 88.7 cm³/mol. The molecule has 0 atom stereocenters. The second-order valence-electron chi connectivity index (χ2n) is 5.65. The summed E-state index contributed by atoms with van der Waals surface area (Å²) < 4.78 is 27.4. The van der Waals surface area contributed by atoms with Crippen molar-refractivity contribution >= 4 is 32.3 Å². The highest BCUT2D eigenvalue weighted by molar-refractivity contribution is 7.91. The Kier molecular flexibility index (Phi) is 3.14. The highest BCUT2D eigenvalue weighted by Gasteiger charge is 2.30. The molecule has 22 heavy (non-hydrogen) atoms. The van der Waals surface area contributed by atoms with Crippen LogP contribution in [0.1, 0.15) is 16.8 Å². The van der Waals surface area contributed by atoms with Gasteiger partial charge in [0.05, 0.1) is 0 Å². The summed E-state index contributed by atoms with van der Waals surface area (Å²) in [4.78, 5) is 3.44. The van der Waals surface area contributed by atoms with Crippen molar-refractivity contribution < 1.29 is 8.42 Å². The van der Waals surface area contributed by atoms with Gasteiger partial charge in [-0.1, -0.05) is 18.2 Å². The molecular formula is C16H16N2O2S2. The van der Waals surface area contributed by atoms with E-state index >= 15 is 0 Å². The van der Waals surface area contributed by atoms with Gasteiger partial charge in [0.25, 0.3) is 10.0 Å². The van der Waals surface area contributed by atoms with E-state index in [4.69, 9.17) is 0 Å². The fourth-order valence-electron chi connectivity index (χ4n) is 3.05. The molecule has 1 aliphatic heterocycles. The first kappa shape index (κ1) is 14.0. The maximum Gasteiger partial charge on any atom is 0.252 e. The maximum absolute atomic E-state index is 12.7. The van der Waals surface area contributed by atoms with Crippen molar-refractivity contribution in [3.8, 4) is 0 Å². The molecule has 0 amide bonds. The Morgan fingerprint density at radius 2 is 2.14 bits per heavy atom. The monoisotopic (exact) mass is 332 g/mol. The third-order valence-corrected chi connectivity index (χ3v) is 7.40. The van der Waals surface area contributed by atoms with Gasteiger partial charge < -0.3 is 4.98 Å². The number of sulfonamides is 1. The first-order chi connectivity index (χ1) is 10.6. The molecule has 0 bridgehead atoms. The van der Waals surface area contributed by atoms with Crippen molar-refractivity contribution in [3.05, 3.63) is 52.5 Å². The van der Waals surface area contributed by atoms with Gasteiger partial charge in [-0.25, -0.2) is 8.42 Å². The van der Waals surface area contributed by atoms with Crippen LogP contribution in [0.15, 0.2) is 39.9 Å². The van der Waals surface area contributed by atoms with Gasteiger partial charge in [-0.05, 0) is 35.6 Å². The number of benzene rings is 1. The molecule has 0 unspecified atom stereocenters. The molecule has 114 valence electrons. The summed E-state index contributed by atoms with van der Waals surface area (Å²) in [5.41, 5.74) is 4.58. The fraction of sp³-hybridized carbons (Fsp3) is 0.250. The van der Waals surface area contributed by atoms with E-state index in [0.29, 0.717) is 17.3 Å². The minimum Gasteiger partial charge on any atom is -0.358 e. The molecule has 4 rings (SSSR count). The van der Waals surface area contributed by atoms with Crippen LogP contribution in [0.5, 0.6) is 0 Å². The number of H-pyrrole nitrogens is 1. The van der Waals surface area contributed by atoms with Crippen molar-refractivity contribution in [2.75, 3.05) is 6.54 Å². The summed E-state index contributed by atoms with van der Waals surface area (Å²) >= 11 is 1.28. The van der Waals surface area contributed by atoms with E-state index in [-0.39, 0.29) is 0 Å². The van der Waals surface area contributed by atoms with E-state index in [1.54, 1.807) is 21.8 Å².